The van der Waals surface area contributed by atoms with E-state index in [-0.39, 0.29) is 0 Å². The van der Waals surface area contributed by atoms with Crippen LogP contribution in [0.3, 0.4) is 0 Å². The summed E-state index contributed by atoms with van der Waals surface area (Å²) in [6.45, 7) is 1.63. The third-order valence-corrected chi connectivity index (χ3v) is 4.09. The van der Waals surface area contributed by atoms with Gasteiger partial charge < -0.3 is 16.8 Å². The molecule has 0 bridgehead atoms. The molecule has 0 saturated heterocycles. The lowest BCUT2D eigenvalue weighted by molar-refractivity contribution is -0.114. The van der Waals surface area contributed by atoms with Gasteiger partial charge in [0.05, 0.1) is 6.54 Å². The van der Waals surface area contributed by atoms with Crippen molar-refractivity contribution in [1.82, 2.24) is 5.32 Å². The minimum atomic E-state index is -0.520. The maximum absolute atomic E-state index is 11.5. The second kappa shape index (κ2) is 8.14. The van der Waals surface area contributed by atoms with Gasteiger partial charge in [-0.3, -0.25) is 14.6 Å². The molecule has 2 aromatic rings. The normalized spacial score (nSPS) is 14.1. The number of nitrogens with two attached hydrogens (primary N) is 2. The van der Waals surface area contributed by atoms with Crippen LogP contribution < -0.4 is 16.8 Å². The minimum Gasteiger partial charge on any atom is -0.368 e. The lowest BCUT2D eigenvalue weighted by Crippen LogP contribution is -2.19. The Kier molecular flexibility index (Phi) is 5.47. The van der Waals surface area contributed by atoms with Crippen molar-refractivity contribution < 1.29 is 9.59 Å². The quantitative estimate of drug-likeness (QED) is 0.678. The molecule has 0 aromatic heterocycles. The molecule has 136 valence electrons. The first-order chi connectivity index (χ1) is 13.0. The molecule has 1 aliphatic heterocycles. The standard InChI is InChI=1S/C21H20N4O2/c22-19(26)10-3-14-1-4-15(5-2-14)18(13-20(23)27)16-6-8-17(9-7-16)21-24-11-12-25-21/h1-10,13H,11-12H2,(H2,22,26)(H2,23,27)(H,24,25). The highest BCUT2D eigenvalue weighted by Gasteiger charge is 2.10. The number of primary amides is 2. The van der Waals surface area contributed by atoms with Crippen molar-refractivity contribution in [3.05, 3.63) is 82.9 Å². The average Bonchev–Trinajstić information content (AvgIpc) is 3.20. The van der Waals surface area contributed by atoms with Crippen LogP contribution in [0.15, 0.2) is 65.7 Å². The number of carbonyl (C=O) groups excluding carboxylic acids is 2. The summed E-state index contributed by atoms with van der Waals surface area (Å²) in [6, 6.07) is 15.2. The maximum atomic E-state index is 11.5. The Morgan fingerprint density at radius 2 is 1.56 bits per heavy atom. The van der Waals surface area contributed by atoms with E-state index in [0.29, 0.717) is 0 Å². The fourth-order valence-corrected chi connectivity index (χ4v) is 2.83. The smallest absolute Gasteiger partial charge is 0.242 e. The highest BCUT2D eigenvalue weighted by Crippen LogP contribution is 2.24. The highest BCUT2D eigenvalue weighted by atomic mass is 16.1. The summed E-state index contributed by atoms with van der Waals surface area (Å²) in [7, 11) is 0. The van der Waals surface area contributed by atoms with E-state index in [0.717, 1.165) is 46.8 Å². The Balaban J connectivity index is 1.90. The van der Waals surface area contributed by atoms with Crippen molar-refractivity contribution >= 4 is 29.3 Å². The third kappa shape index (κ3) is 4.70. The number of hydrogen-bond acceptors (Lipinski definition) is 4. The molecule has 3 rings (SSSR count). The molecular weight excluding hydrogens is 340 g/mol. The predicted molar refractivity (Wildman–Crippen MR) is 107 cm³/mol. The molecule has 2 amide bonds. The molecule has 1 aliphatic rings. The molecular formula is C21H20N4O2. The van der Waals surface area contributed by atoms with E-state index in [4.69, 9.17) is 11.5 Å². The number of carbonyl (C=O) groups is 2. The molecule has 0 saturated carbocycles. The number of hydrogen-bond donors (Lipinski definition) is 3. The highest BCUT2D eigenvalue weighted by molar-refractivity contribution is 6.01. The maximum Gasteiger partial charge on any atom is 0.242 e. The zero-order valence-electron chi connectivity index (χ0n) is 14.7. The Hall–Kier alpha value is -3.67. The molecule has 0 unspecified atom stereocenters. The van der Waals surface area contributed by atoms with Crippen LogP contribution in [0, 0.1) is 0 Å². The van der Waals surface area contributed by atoms with Gasteiger partial charge >= 0.3 is 0 Å². The van der Waals surface area contributed by atoms with E-state index in [1.165, 1.54) is 12.2 Å². The first-order valence-corrected chi connectivity index (χ1v) is 8.51. The lowest BCUT2D eigenvalue weighted by Gasteiger charge is -2.10. The molecule has 6 heteroatoms. The third-order valence-electron chi connectivity index (χ3n) is 4.09. The summed E-state index contributed by atoms with van der Waals surface area (Å²) in [6.07, 6.45) is 4.34. The van der Waals surface area contributed by atoms with Gasteiger partial charge in [-0.1, -0.05) is 48.5 Å². The van der Waals surface area contributed by atoms with Gasteiger partial charge in [-0.2, -0.15) is 0 Å². The van der Waals surface area contributed by atoms with E-state index >= 15 is 0 Å². The molecule has 0 aliphatic carbocycles. The van der Waals surface area contributed by atoms with Crippen molar-refractivity contribution in [2.24, 2.45) is 16.5 Å². The second-order valence-electron chi connectivity index (χ2n) is 6.05. The van der Waals surface area contributed by atoms with Crippen molar-refractivity contribution in [1.29, 1.82) is 0 Å². The minimum absolute atomic E-state index is 0.505. The zero-order chi connectivity index (χ0) is 19.2. The molecule has 0 radical (unpaired) electrons. The molecule has 6 nitrogen and oxygen atoms in total. The van der Waals surface area contributed by atoms with Crippen molar-refractivity contribution in [3.63, 3.8) is 0 Å². The van der Waals surface area contributed by atoms with Crippen molar-refractivity contribution in [3.8, 4) is 0 Å². The zero-order valence-corrected chi connectivity index (χ0v) is 14.7. The van der Waals surface area contributed by atoms with Crippen LogP contribution in [0.1, 0.15) is 22.3 Å². The summed E-state index contributed by atoms with van der Waals surface area (Å²) >= 11 is 0. The molecule has 1 heterocycles. The summed E-state index contributed by atoms with van der Waals surface area (Å²) in [5.41, 5.74) is 14.8. The van der Waals surface area contributed by atoms with Crippen LogP contribution in [-0.2, 0) is 9.59 Å². The van der Waals surface area contributed by atoms with Gasteiger partial charge in [0.15, 0.2) is 0 Å². The number of benzene rings is 2. The fraction of sp³-hybridized carbons (Fsp3) is 0.0952. The van der Waals surface area contributed by atoms with E-state index in [1.54, 1.807) is 6.08 Å². The summed E-state index contributed by atoms with van der Waals surface area (Å²) in [4.78, 5) is 26.8. The number of nitrogens with one attached hydrogen (secondary N) is 1. The molecule has 5 N–H and O–H groups in total. The number of rotatable bonds is 6. The summed E-state index contributed by atoms with van der Waals surface area (Å²) in [5.74, 6) is -0.143. The van der Waals surface area contributed by atoms with E-state index in [2.05, 4.69) is 10.3 Å². The van der Waals surface area contributed by atoms with Crippen molar-refractivity contribution in [2.45, 2.75) is 0 Å². The van der Waals surface area contributed by atoms with Gasteiger partial charge in [0.25, 0.3) is 0 Å². The number of amides is 2. The monoisotopic (exact) mass is 360 g/mol. The number of aliphatic imine (C=N–C) groups is 1. The molecule has 0 fully saturated rings. The van der Waals surface area contributed by atoms with Gasteiger partial charge in [-0.25, -0.2) is 0 Å². The van der Waals surface area contributed by atoms with Crippen LogP contribution in [-0.4, -0.2) is 30.7 Å². The van der Waals surface area contributed by atoms with Gasteiger partial charge in [0.2, 0.25) is 11.8 Å². The van der Waals surface area contributed by atoms with Gasteiger partial charge in [-0.15, -0.1) is 0 Å². The molecule has 0 spiro atoms. The Morgan fingerprint density at radius 3 is 2.07 bits per heavy atom. The number of amidine groups is 1. The molecule has 2 aromatic carbocycles. The second-order valence-corrected chi connectivity index (χ2v) is 6.05. The van der Waals surface area contributed by atoms with Crippen LogP contribution in [0.2, 0.25) is 0 Å². The SMILES string of the molecule is NC(=O)C=Cc1ccc(C(=CC(N)=O)c2ccc(C3=NCCN3)cc2)cc1. The topological polar surface area (TPSA) is 111 Å². The van der Waals surface area contributed by atoms with E-state index < -0.39 is 11.8 Å². The van der Waals surface area contributed by atoms with Crippen LogP contribution in [0.5, 0.6) is 0 Å². The predicted octanol–water partition coefficient (Wildman–Crippen LogP) is 1.45. The Bertz CT molecular complexity index is 939. The van der Waals surface area contributed by atoms with E-state index in [1.807, 2.05) is 48.5 Å². The summed E-state index contributed by atoms with van der Waals surface area (Å²) < 4.78 is 0. The number of nitrogens with zero attached hydrogens (tertiary/aromatic N) is 1. The lowest BCUT2D eigenvalue weighted by atomic mass is 9.95. The Morgan fingerprint density at radius 1 is 0.926 bits per heavy atom. The molecule has 27 heavy (non-hydrogen) atoms. The largest absolute Gasteiger partial charge is 0.368 e. The van der Waals surface area contributed by atoms with Gasteiger partial charge in [0.1, 0.15) is 5.84 Å². The average molecular weight is 360 g/mol. The van der Waals surface area contributed by atoms with Crippen LogP contribution in [0.4, 0.5) is 0 Å². The fourth-order valence-electron chi connectivity index (χ4n) is 2.83. The molecule has 0 atom stereocenters. The van der Waals surface area contributed by atoms with Gasteiger partial charge in [0, 0.05) is 24.3 Å². The van der Waals surface area contributed by atoms with Crippen LogP contribution >= 0.6 is 0 Å². The first-order valence-electron chi connectivity index (χ1n) is 8.51. The van der Waals surface area contributed by atoms with Gasteiger partial charge in [-0.05, 0) is 28.3 Å². The van der Waals surface area contributed by atoms with Crippen LogP contribution in [0.25, 0.3) is 11.6 Å². The van der Waals surface area contributed by atoms with E-state index in [9.17, 15) is 9.59 Å². The Labute approximate surface area is 157 Å². The first kappa shape index (κ1) is 18.1. The van der Waals surface area contributed by atoms with Crippen molar-refractivity contribution in [2.75, 3.05) is 13.1 Å². The summed E-state index contributed by atoms with van der Waals surface area (Å²) in [5, 5.41) is 3.23.